The number of nitrogens with one attached hydrogen (secondary N) is 1. The highest BCUT2D eigenvalue weighted by Gasteiger charge is 2.23. The Morgan fingerprint density at radius 3 is 2.87 bits per heavy atom. The first kappa shape index (κ1) is 20.3. The summed E-state index contributed by atoms with van der Waals surface area (Å²) in [7, 11) is 0. The fraction of sp³-hybridized carbons (Fsp3) is 0.318. The van der Waals surface area contributed by atoms with E-state index in [1.165, 1.54) is 0 Å². The highest BCUT2D eigenvalue weighted by atomic mass is 32.1. The van der Waals surface area contributed by atoms with Crippen molar-refractivity contribution in [3.63, 3.8) is 0 Å². The molecule has 1 saturated heterocycles. The molecule has 30 heavy (non-hydrogen) atoms. The Morgan fingerprint density at radius 2 is 2.10 bits per heavy atom. The van der Waals surface area contributed by atoms with Gasteiger partial charge in [0.2, 0.25) is 4.77 Å². The standard InChI is InChI=1S/C22H24N4O3S/c1-2-27-20-13-17(10-11-18(20)29-15-16-7-4-3-5-8-16)14-23-26-21(24-25-22(26)30)19-9-6-12-28-19/h3-5,7-8,10-11,13-14,19H,2,6,9,12,15H2,1H3,(H,25,30)/b23-14-. The smallest absolute Gasteiger partial charge is 0.216 e. The summed E-state index contributed by atoms with van der Waals surface area (Å²) in [4.78, 5) is 0. The summed E-state index contributed by atoms with van der Waals surface area (Å²) in [5.41, 5.74) is 1.97. The Morgan fingerprint density at radius 1 is 1.23 bits per heavy atom. The molecule has 0 aliphatic carbocycles. The van der Waals surface area contributed by atoms with Crippen LogP contribution in [-0.4, -0.2) is 34.3 Å². The number of benzene rings is 2. The lowest BCUT2D eigenvalue weighted by Gasteiger charge is -2.12. The lowest BCUT2D eigenvalue weighted by atomic mass is 10.2. The molecule has 1 aliphatic rings. The summed E-state index contributed by atoms with van der Waals surface area (Å²) in [5.74, 6) is 2.06. The van der Waals surface area contributed by atoms with E-state index in [0.717, 1.165) is 30.6 Å². The normalized spacial score (nSPS) is 16.2. The summed E-state index contributed by atoms with van der Waals surface area (Å²) < 4.78 is 19.5. The first-order chi connectivity index (χ1) is 14.7. The van der Waals surface area contributed by atoms with E-state index in [1.54, 1.807) is 10.9 Å². The van der Waals surface area contributed by atoms with Gasteiger partial charge < -0.3 is 14.2 Å². The number of H-pyrrole nitrogens is 1. The molecule has 1 N–H and O–H groups in total. The van der Waals surface area contributed by atoms with Gasteiger partial charge in [0.15, 0.2) is 17.3 Å². The molecule has 156 valence electrons. The summed E-state index contributed by atoms with van der Waals surface area (Å²) >= 11 is 5.32. The highest BCUT2D eigenvalue weighted by molar-refractivity contribution is 7.71. The SMILES string of the molecule is CCOc1cc(/C=N\n2c(C3CCCO3)n[nH]c2=S)ccc1OCc1ccccc1. The van der Waals surface area contributed by atoms with Crippen molar-refractivity contribution in [3.05, 3.63) is 70.3 Å². The number of hydrogen-bond acceptors (Lipinski definition) is 6. The second-order valence-corrected chi connectivity index (χ2v) is 7.25. The molecule has 1 fully saturated rings. The predicted molar refractivity (Wildman–Crippen MR) is 117 cm³/mol. The van der Waals surface area contributed by atoms with Crippen LogP contribution in [-0.2, 0) is 11.3 Å². The molecule has 0 saturated carbocycles. The van der Waals surface area contributed by atoms with Crippen LogP contribution >= 0.6 is 12.2 Å². The molecule has 1 aromatic heterocycles. The molecular weight excluding hydrogens is 400 g/mol. The third kappa shape index (κ3) is 4.77. The van der Waals surface area contributed by atoms with Crippen LogP contribution in [0.1, 0.15) is 42.8 Å². The van der Waals surface area contributed by atoms with Crippen molar-refractivity contribution < 1.29 is 14.2 Å². The van der Waals surface area contributed by atoms with Gasteiger partial charge in [-0.3, -0.25) is 5.10 Å². The number of aromatic nitrogens is 3. The van der Waals surface area contributed by atoms with Gasteiger partial charge in [-0.2, -0.15) is 14.9 Å². The van der Waals surface area contributed by atoms with Crippen molar-refractivity contribution in [2.45, 2.75) is 32.5 Å². The number of hydrogen-bond donors (Lipinski definition) is 1. The molecule has 4 rings (SSSR count). The van der Waals surface area contributed by atoms with Crippen LogP contribution in [0, 0.1) is 4.77 Å². The summed E-state index contributed by atoms with van der Waals surface area (Å²) in [6, 6.07) is 15.8. The molecule has 0 radical (unpaired) electrons. The van der Waals surface area contributed by atoms with E-state index >= 15 is 0 Å². The lowest BCUT2D eigenvalue weighted by molar-refractivity contribution is 0.102. The largest absolute Gasteiger partial charge is 0.490 e. The van der Waals surface area contributed by atoms with Crippen molar-refractivity contribution in [1.29, 1.82) is 0 Å². The molecule has 0 bridgehead atoms. The van der Waals surface area contributed by atoms with E-state index in [2.05, 4.69) is 15.3 Å². The van der Waals surface area contributed by atoms with Crippen molar-refractivity contribution in [2.24, 2.45) is 5.10 Å². The Kier molecular flexibility index (Phi) is 6.56. The van der Waals surface area contributed by atoms with Gasteiger partial charge in [-0.1, -0.05) is 30.3 Å². The average Bonchev–Trinajstić information content (AvgIpc) is 3.42. The first-order valence-corrected chi connectivity index (χ1v) is 10.4. The third-order valence-electron chi connectivity index (χ3n) is 4.72. The molecule has 0 spiro atoms. The van der Waals surface area contributed by atoms with Gasteiger partial charge in [-0.05, 0) is 61.3 Å². The van der Waals surface area contributed by atoms with E-state index < -0.39 is 0 Å². The Hall–Kier alpha value is -2.97. The summed E-state index contributed by atoms with van der Waals surface area (Å²) in [6.45, 7) is 3.69. The third-order valence-corrected chi connectivity index (χ3v) is 4.98. The molecule has 1 atom stereocenters. The zero-order valence-electron chi connectivity index (χ0n) is 16.8. The highest BCUT2D eigenvalue weighted by Crippen LogP contribution is 2.29. The van der Waals surface area contributed by atoms with Crippen molar-refractivity contribution in [2.75, 3.05) is 13.2 Å². The number of nitrogens with zero attached hydrogens (tertiary/aromatic N) is 3. The van der Waals surface area contributed by atoms with Crippen molar-refractivity contribution in [3.8, 4) is 11.5 Å². The number of rotatable bonds is 8. The molecule has 1 unspecified atom stereocenters. The van der Waals surface area contributed by atoms with Crippen molar-refractivity contribution in [1.82, 2.24) is 14.9 Å². The van der Waals surface area contributed by atoms with E-state index in [0.29, 0.717) is 35.3 Å². The maximum Gasteiger partial charge on any atom is 0.216 e. The van der Waals surface area contributed by atoms with Gasteiger partial charge in [0.1, 0.15) is 12.7 Å². The number of ether oxygens (including phenoxy) is 3. The maximum absolute atomic E-state index is 5.96. The molecular formula is C22H24N4O3S. The topological polar surface area (TPSA) is 73.7 Å². The van der Waals surface area contributed by atoms with E-state index in [-0.39, 0.29) is 6.10 Å². The van der Waals surface area contributed by atoms with Crippen molar-refractivity contribution >= 4 is 18.4 Å². The lowest BCUT2D eigenvalue weighted by Crippen LogP contribution is -2.05. The van der Waals surface area contributed by atoms with Crippen LogP contribution in [0.3, 0.4) is 0 Å². The Balaban J connectivity index is 1.53. The molecule has 3 aromatic rings. The monoisotopic (exact) mass is 424 g/mol. The van der Waals surface area contributed by atoms with Crippen LogP contribution in [0.15, 0.2) is 53.6 Å². The minimum absolute atomic E-state index is 0.0807. The minimum Gasteiger partial charge on any atom is -0.490 e. The van der Waals surface area contributed by atoms with Crippen LogP contribution in [0.5, 0.6) is 11.5 Å². The van der Waals surface area contributed by atoms with Crippen LogP contribution < -0.4 is 9.47 Å². The van der Waals surface area contributed by atoms with E-state index in [1.807, 2.05) is 55.5 Å². The Bertz CT molecular complexity index is 1060. The summed E-state index contributed by atoms with van der Waals surface area (Å²) in [5, 5.41) is 11.6. The van der Waals surface area contributed by atoms with Crippen LogP contribution in [0.2, 0.25) is 0 Å². The molecule has 0 amide bonds. The van der Waals surface area contributed by atoms with E-state index in [4.69, 9.17) is 26.4 Å². The second kappa shape index (κ2) is 9.69. The van der Waals surface area contributed by atoms with E-state index in [9.17, 15) is 0 Å². The molecule has 1 aliphatic heterocycles. The van der Waals surface area contributed by atoms with Gasteiger partial charge in [0, 0.05) is 6.61 Å². The predicted octanol–water partition coefficient (Wildman–Crippen LogP) is 4.65. The zero-order valence-corrected chi connectivity index (χ0v) is 17.6. The van der Waals surface area contributed by atoms with Gasteiger partial charge in [-0.25, -0.2) is 0 Å². The van der Waals surface area contributed by atoms with Gasteiger partial charge in [0.05, 0.1) is 12.8 Å². The maximum atomic E-state index is 5.96. The molecule has 8 heteroatoms. The fourth-order valence-electron chi connectivity index (χ4n) is 3.26. The molecule has 2 aromatic carbocycles. The fourth-order valence-corrected chi connectivity index (χ4v) is 3.44. The first-order valence-electron chi connectivity index (χ1n) is 10.0. The molecule has 2 heterocycles. The second-order valence-electron chi connectivity index (χ2n) is 6.86. The Labute approximate surface area is 180 Å². The van der Waals surface area contributed by atoms with Crippen LogP contribution in [0.4, 0.5) is 0 Å². The van der Waals surface area contributed by atoms with Crippen LogP contribution in [0.25, 0.3) is 0 Å². The minimum atomic E-state index is -0.0807. The molecule has 7 nitrogen and oxygen atoms in total. The summed E-state index contributed by atoms with van der Waals surface area (Å²) in [6.07, 6.45) is 3.57. The van der Waals surface area contributed by atoms with Gasteiger partial charge in [0.25, 0.3) is 0 Å². The van der Waals surface area contributed by atoms with Gasteiger partial charge in [-0.15, -0.1) is 0 Å². The average molecular weight is 425 g/mol. The zero-order chi connectivity index (χ0) is 20.8. The quantitative estimate of drug-likeness (QED) is 0.421. The van der Waals surface area contributed by atoms with Gasteiger partial charge >= 0.3 is 0 Å². The number of aromatic amines is 1.